The summed E-state index contributed by atoms with van der Waals surface area (Å²) in [5, 5.41) is 0.715. The van der Waals surface area contributed by atoms with E-state index >= 15 is 0 Å². The predicted molar refractivity (Wildman–Crippen MR) is 105 cm³/mol. The molecule has 0 amide bonds. The minimum atomic E-state index is -0.216. The van der Waals surface area contributed by atoms with Gasteiger partial charge in [0.05, 0.1) is 11.7 Å². The third-order valence-corrected chi connectivity index (χ3v) is 5.99. The molecule has 2 fully saturated rings. The number of benzene rings is 1. The van der Waals surface area contributed by atoms with Crippen LogP contribution in [0.15, 0.2) is 24.3 Å². The van der Waals surface area contributed by atoms with Gasteiger partial charge in [0.25, 0.3) is 5.88 Å². The minimum absolute atomic E-state index is 0.216. The van der Waals surface area contributed by atoms with E-state index in [0.717, 1.165) is 17.8 Å². The second-order valence-electron chi connectivity index (χ2n) is 7.43. The Kier molecular flexibility index (Phi) is 5.17. The van der Waals surface area contributed by atoms with E-state index in [1.165, 1.54) is 31.2 Å². The lowest BCUT2D eigenvalue weighted by Gasteiger charge is -2.22. The fourth-order valence-electron chi connectivity index (χ4n) is 3.73. The van der Waals surface area contributed by atoms with Crippen LogP contribution >= 0.6 is 23.3 Å². The zero-order valence-electron chi connectivity index (χ0n) is 15.0. The first-order valence-corrected chi connectivity index (χ1v) is 10.2. The van der Waals surface area contributed by atoms with Crippen molar-refractivity contribution in [3.8, 4) is 17.7 Å². The van der Waals surface area contributed by atoms with Gasteiger partial charge in [0.1, 0.15) is 5.69 Å². The van der Waals surface area contributed by atoms with Crippen molar-refractivity contribution in [2.45, 2.75) is 32.3 Å². The van der Waals surface area contributed by atoms with E-state index in [9.17, 15) is 0 Å². The summed E-state index contributed by atoms with van der Waals surface area (Å²) in [7, 11) is 0. The molecule has 2 saturated heterocycles. The van der Waals surface area contributed by atoms with Gasteiger partial charge in [-0.3, -0.25) is 0 Å². The first-order chi connectivity index (χ1) is 12.6. The molecule has 2 aliphatic rings. The van der Waals surface area contributed by atoms with Crippen molar-refractivity contribution in [1.29, 1.82) is 0 Å². The number of hydrogen-bond acceptors (Lipinski definition) is 5. The van der Waals surface area contributed by atoms with Crippen LogP contribution in [0.5, 0.6) is 5.88 Å². The molecule has 1 aromatic heterocycles. The second kappa shape index (κ2) is 7.56. The minimum Gasteiger partial charge on any atom is -0.459 e. The lowest BCUT2D eigenvalue weighted by Crippen LogP contribution is -2.25. The van der Waals surface area contributed by atoms with E-state index < -0.39 is 0 Å². The van der Waals surface area contributed by atoms with Gasteiger partial charge in [-0.25, -0.2) is 0 Å². The van der Waals surface area contributed by atoms with Crippen LogP contribution in [0.3, 0.4) is 0 Å². The zero-order chi connectivity index (χ0) is 18.1. The summed E-state index contributed by atoms with van der Waals surface area (Å²) in [6, 6.07) is 7.55. The van der Waals surface area contributed by atoms with Crippen LogP contribution < -0.4 is 4.74 Å². The Morgan fingerprint density at radius 3 is 2.69 bits per heavy atom. The molecule has 0 aliphatic carbocycles. The number of hydrogen-bond donors (Lipinski definition) is 0. The number of nitrogens with zero attached hydrogens (tertiary/aromatic N) is 3. The monoisotopic (exact) mass is 387 g/mol. The molecule has 6 heteroatoms. The van der Waals surface area contributed by atoms with Crippen molar-refractivity contribution in [3.05, 3.63) is 40.5 Å². The Labute approximate surface area is 163 Å². The van der Waals surface area contributed by atoms with E-state index in [0.29, 0.717) is 22.7 Å². The van der Waals surface area contributed by atoms with Gasteiger partial charge in [-0.2, -0.15) is 4.37 Å². The Bertz CT molecular complexity index is 824. The van der Waals surface area contributed by atoms with Crippen molar-refractivity contribution in [2.75, 3.05) is 19.6 Å². The SMILES string of the molecule is CC(C)C(C#Cc1ccc(Cl)cc1)Oc1nsnc1C1CN2CCC1C2. The first-order valence-electron chi connectivity index (χ1n) is 9.08. The fraction of sp³-hybridized carbons (Fsp3) is 0.500. The Morgan fingerprint density at radius 1 is 1.23 bits per heavy atom. The Balaban J connectivity index is 1.51. The molecule has 3 heterocycles. The molecule has 0 saturated carbocycles. The molecular weight excluding hydrogens is 366 g/mol. The molecule has 4 rings (SSSR count). The zero-order valence-corrected chi connectivity index (χ0v) is 16.6. The van der Waals surface area contributed by atoms with E-state index in [1.54, 1.807) is 0 Å². The van der Waals surface area contributed by atoms with E-state index in [-0.39, 0.29) is 12.0 Å². The van der Waals surface area contributed by atoms with Gasteiger partial charge in [0.15, 0.2) is 6.10 Å². The largest absolute Gasteiger partial charge is 0.459 e. The summed E-state index contributed by atoms with van der Waals surface area (Å²) in [6.45, 7) is 7.71. The smallest absolute Gasteiger partial charge is 0.250 e. The molecule has 2 aromatic rings. The van der Waals surface area contributed by atoms with Crippen molar-refractivity contribution >= 4 is 23.3 Å². The maximum atomic E-state index is 6.23. The number of ether oxygens (including phenoxy) is 1. The lowest BCUT2D eigenvalue weighted by atomic mass is 9.90. The van der Waals surface area contributed by atoms with E-state index in [2.05, 4.69) is 39.3 Å². The second-order valence-corrected chi connectivity index (χ2v) is 8.39. The van der Waals surface area contributed by atoms with Crippen LogP contribution in [0.4, 0.5) is 0 Å². The summed E-state index contributed by atoms with van der Waals surface area (Å²) in [6.07, 6.45) is 1.04. The first kappa shape index (κ1) is 17.8. The summed E-state index contributed by atoms with van der Waals surface area (Å²) in [5.41, 5.74) is 1.96. The van der Waals surface area contributed by atoms with Crippen molar-refractivity contribution in [1.82, 2.24) is 13.6 Å². The average molecular weight is 388 g/mol. The van der Waals surface area contributed by atoms with Crippen molar-refractivity contribution in [3.63, 3.8) is 0 Å². The Morgan fingerprint density at radius 2 is 2.04 bits per heavy atom. The van der Waals surface area contributed by atoms with E-state index in [1.807, 2.05) is 24.3 Å². The molecule has 1 aromatic carbocycles. The van der Waals surface area contributed by atoms with Crippen LogP contribution in [0.25, 0.3) is 0 Å². The third kappa shape index (κ3) is 3.73. The van der Waals surface area contributed by atoms with Crippen LogP contribution in [0, 0.1) is 23.7 Å². The summed E-state index contributed by atoms with van der Waals surface area (Å²) in [4.78, 5) is 2.51. The summed E-state index contributed by atoms with van der Waals surface area (Å²) in [5.74, 6) is 8.53. The van der Waals surface area contributed by atoms with Crippen LogP contribution in [-0.2, 0) is 0 Å². The Hall–Kier alpha value is -1.61. The molecule has 4 unspecified atom stereocenters. The van der Waals surface area contributed by atoms with Crippen molar-refractivity contribution < 1.29 is 4.74 Å². The molecule has 26 heavy (non-hydrogen) atoms. The van der Waals surface area contributed by atoms with Gasteiger partial charge < -0.3 is 9.64 Å². The molecule has 0 radical (unpaired) electrons. The fourth-order valence-corrected chi connectivity index (χ4v) is 4.41. The van der Waals surface area contributed by atoms with Crippen LogP contribution in [0.1, 0.15) is 37.4 Å². The van der Waals surface area contributed by atoms with Crippen LogP contribution in [-0.4, -0.2) is 39.4 Å². The number of halogens is 1. The molecular formula is C20H22ClN3OS. The molecule has 4 atom stereocenters. The number of piperidine rings is 1. The van der Waals surface area contributed by atoms with Gasteiger partial charge in [0, 0.05) is 35.5 Å². The number of rotatable bonds is 4. The summed E-state index contributed by atoms with van der Waals surface area (Å²) >= 11 is 7.18. The van der Waals surface area contributed by atoms with Gasteiger partial charge in [-0.1, -0.05) is 37.3 Å². The van der Waals surface area contributed by atoms with Gasteiger partial charge in [-0.05, 0) is 43.1 Å². The molecule has 2 bridgehead atoms. The highest BCUT2D eigenvalue weighted by molar-refractivity contribution is 6.99. The normalized spacial score (nSPS) is 25.2. The number of aromatic nitrogens is 2. The maximum absolute atomic E-state index is 6.23. The van der Waals surface area contributed by atoms with Crippen molar-refractivity contribution in [2.24, 2.45) is 11.8 Å². The topological polar surface area (TPSA) is 38.3 Å². The van der Waals surface area contributed by atoms with Gasteiger partial charge >= 0.3 is 0 Å². The van der Waals surface area contributed by atoms with Crippen LogP contribution in [0.2, 0.25) is 5.02 Å². The molecule has 0 spiro atoms. The highest BCUT2D eigenvalue weighted by Crippen LogP contribution is 2.42. The molecule has 0 N–H and O–H groups in total. The van der Waals surface area contributed by atoms with Gasteiger partial charge in [-0.15, -0.1) is 4.37 Å². The summed E-state index contributed by atoms with van der Waals surface area (Å²) < 4.78 is 15.2. The molecule has 2 aliphatic heterocycles. The highest BCUT2D eigenvalue weighted by atomic mass is 35.5. The molecule has 4 nitrogen and oxygen atoms in total. The lowest BCUT2D eigenvalue weighted by molar-refractivity contribution is 0.195. The standard InChI is InChI=1S/C20H22ClN3OS/c1-13(2)18(8-5-14-3-6-16(21)7-4-14)25-20-19(22-26-23-20)17-12-24-10-9-15(17)11-24/h3-4,6-7,13,15,17-18H,9-12H2,1-2H3. The predicted octanol–water partition coefficient (Wildman–Crippen LogP) is 4.07. The molecule has 136 valence electrons. The third-order valence-electron chi connectivity index (χ3n) is 5.21. The average Bonchev–Trinajstić information content (AvgIpc) is 3.36. The van der Waals surface area contributed by atoms with E-state index in [4.69, 9.17) is 16.3 Å². The van der Waals surface area contributed by atoms with Gasteiger partial charge in [0.2, 0.25) is 0 Å². The quantitative estimate of drug-likeness (QED) is 0.741. The maximum Gasteiger partial charge on any atom is 0.250 e. The number of fused-ring (bicyclic) bond motifs is 2. The highest BCUT2D eigenvalue weighted by Gasteiger charge is 2.41.